The number of ether oxygens (including phenoxy) is 2. The Morgan fingerprint density at radius 2 is 0.936 bits per heavy atom. The fourth-order valence-corrected chi connectivity index (χ4v) is 6.14. The average Bonchev–Trinajstić information content (AvgIpc) is 3.93. The molecule has 6 nitrogen and oxygen atoms in total. The minimum atomic E-state index is 0. The van der Waals surface area contributed by atoms with E-state index in [9.17, 15) is 0 Å². The van der Waals surface area contributed by atoms with Gasteiger partial charge in [0.05, 0.1) is 18.5 Å². The third kappa shape index (κ3) is 5.82. The van der Waals surface area contributed by atoms with Gasteiger partial charge < -0.3 is 19.4 Å². The normalized spacial score (nSPS) is 11.7. The molecule has 0 spiro atoms. The average molecular weight is 720 g/mol. The zero-order valence-corrected chi connectivity index (χ0v) is 27.6. The maximum Gasteiger partial charge on any atom is 2.00 e. The Labute approximate surface area is 289 Å². The molecule has 5 heterocycles. The van der Waals surface area contributed by atoms with Gasteiger partial charge in [0.2, 0.25) is 0 Å². The Balaban J connectivity index is 0.00000351. The molecule has 0 saturated heterocycles. The van der Waals surface area contributed by atoms with Crippen LogP contribution in [0.4, 0.5) is 0 Å². The van der Waals surface area contributed by atoms with Crippen molar-refractivity contribution in [1.29, 1.82) is 0 Å². The largest absolute Gasteiger partial charge is 2.00 e. The number of rotatable bonds is 5. The fraction of sp³-hybridized carbons (Fsp3) is 0.0256. The number of methoxy groups -OCH3 is 1. The molecule has 0 aliphatic carbocycles. The second-order valence-electron chi connectivity index (χ2n) is 10.8. The van der Waals surface area contributed by atoms with Crippen molar-refractivity contribution in [2.24, 2.45) is 0 Å². The van der Waals surface area contributed by atoms with Gasteiger partial charge in [-0.15, -0.1) is 22.1 Å². The maximum atomic E-state index is 6.58. The molecule has 3 aromatic carbocycles. The fourth-order valence-electron chi connectivity index (χ4n) is 5.70. The van der Waals surface area contributed by atoms with Crippen molar-refractivity contribution in [1.82, 2.24) is 19.9 Å². The first-order valence-corrected chi connectivity index (χ1v) is 15.6. The third-order valence-corrected chi connectivity index (χ3v) is 8.72. The van der Waals surface area contributed by atoms with E-state index in [1.165, 1.54) is 0 Å². The Hall–Kier alpha value is -5.17. The molecule has 0 atom stereocenters. The summed E-state index contributed by atoms with van der Waals surface area (Å²) in [6.45, 7) is 0. The smallest absolute Gasteiger partial charge is 0.656 e. The first kappa shape index (κ1) is 30.5. The summed E-state index contributed by atoms with van der Waals surface area (Å²) in [6.07, 6.45) is 7.97. The van der Waals surface area contributed by atoms with Crippen LogP contribution in [0.3, 0.4) is 0 Å². The molecule has 2 aliphatic heterocycles. The summed E-state index contributed by atoms with van der Waals surface area (Å²) < 4.78 is 12.8. The number of hydrogen-bond acceptors (Lipinski definition) is 4. The monoisotopic (exact) mass is 718 g/mol. The first-order chi connectivity index (χ1) is 22.6. The van der Waals surface area contributed by atoms with Crippen LogP contribution < -0.4 is 19.4 Å². The van der Waals surface area contributed by atoms with Gasteiger partial charge in [-0.1, -0.05) is 101 Å². The van der Waals surface area contributed by atoms with Gasteiger partial charge in [0.1, 0.15) is 22.9 Å². The molecule has 8 bridgehead atoms. The maximum absolute atomic E-state index is 6.58. The van der Waals surface area contributed by atoms with E-state index in [4.69, 9.17) is 29.4 Å². The van der Waals surface area contributed by atoms with Crippen LogP contribution in [-0.4, -0.2) is 17.1 Å². The standard InChI is InChI=1S/C39H25BrN4O2.Ni/c1-45-26-12-14-27(15-13-26)46-39-34-22-18-30(43-34)36(24-8-4-2-5-9-24)28-16-20-32(41-28)38(40)33-21-17-29(42-33)37(25-10-6-3-7-11-25)31-19-23-35(39)44-31;/h2-23H,1H3;/q-2;+2. The molecule has 0 radical (unpaired) electrons. The van der Waals surface area contributed by atoms with Crippen molar-refractivity contribution in [3.63, 3.8) is 0 Å². The van der Waals surface area contributed by atoms with E-state index in [2.05, 4.69) is 40.2 Å². The number of hydrogen-bond donors (Lipinski definition) is 0. The molecule has 6 aromatic rings. The molecular formula is C39H25BrN4NiO2. The van der Waals surface area contributed by atoms with Crippen LogP contribution in [0, 0.1) is 0 Å². The van der Waals surface area contributed by atoms with E-state index < -0.39 is 0 Å². The molecule has 0 amide bonds. The number of fused-ring (bicyclic) bond motifs is 8. The Morgan fingerprint density at radius 1 is 0.511 bits per heavy atom. The van der Waals surface area contributed by atoms with E-state index >= 15 is 0 Å². The third-order valence-electron chi connectivity index (χ3n) is 7.90. The van der Waals surface area contributed by atoms with Crippen LogP contribution in [0.15, 0.2) is 114 Å². The van der Waals surface area contributed by atoms with E-state index in [1.54, 1.807) is 7.11 Å². The van der Waals surface area contributed by atoms with Crippen molar-refractivity contribution in [3.05, 3.63) is 136 Å². The topological polar surface area (TPSA) is 72.4 Å². The Bertz CT molecular complexity index is 2190. The molecule has 2 aliphatic rings. The molecule has 47 heavy (non-hydrogen) atoms. The molecular weight excluding hydrogens is 695 g/mol. The van der Waals surface area contributed by atoms with Crippen LogP contribution >= 0.6 is 15.9 Å². The van der Waals surface area contributed by atoms with Gasteiger partial charge in [-0.05, 0) is 75.3 Å². The number of benzene rings is 3. The summed E-state index contributed by atoms with van der Waals surface area (Å²) in [4.78, 5) is 20.4. The predicted molar refractivity (Wildman–Crippen MR) is 188 cm³/mol. The molecule has 0 saturated carbocycles. The number of aromatic nitrogens is 4. The van der Waals surface area contributed by atoms with Crippen LogP contribution in [0.25, 0.3) is 68.6 Å². The van der Waals surface area contributed by atoms with Crippen molar-refractivity contribution in [3.8, 4) is 39.5 Å². The van der Waals surface area contributed by atoms with Crippen LogP contribution in [-0.2, 0) is 16.5 Å². The molecule has 0 fully saturated rings. The summed E-state index contributed by atoms with van der Waals surface area (Å²) in [5.41, 5.74) is 9.93. The molecule has 0 unspecified atom stereocenters. The summed E-state index contributed by atoms with van der Waals surface area (Å²) in [6, 6.07) is 36.0. The van der Waals surface area contributed by atoms with Gasteiger partial charge in [0.15, 0.2) is 5.75 Å². The van der Waals surface area contributed by atoms with Gasteiger partial charge in [-0.3, -0.25) is 0 Å². The second kappa shape index (κ2) is 12.9. The minimum absolute atomic E-state index is 0. The summed E-state index contributed by atoms with van der Waals surface area (Å²) >= 11 is 3.81. The van der Waals surface area contributed by atoms with Gasteiger partial charge in [-0.2, -0.15) is 0 Å². The molecule has 8 rings (SSSR count). The molecule has 8 heteroatoms. The predicted octanol–water partition coefficient (Wildman–Crippen LogP) is 9.81. The van der Waals surface area contributed by atoms with Gasteiger partial charge in [0.25, 0.3) is 0 Å². The molecule has 230 valence electrons. The van der Waals surface area contributed by atoms with E-state index in [-0.39, 0.29) is 16.5 Å². The molecule has 0 N–H and O–H groups in total. The number of nitrogens with zero attached hydrogens (tertiary/aromatic N) is 4. The van der Waals surface area contributed by atoms with Gasteiger partial charge in [0, 0.05) is 0 Å². The van der Waals surface area contributed by atoms with Crippen molar-refractivity contribution in [2.75, 3.05) is 7.11 Å². The second-order valence-corrected chi connectivity index (χ2v) is 11.6. The van der Waals surface area contributed by atoms with E-state index in [0.717, 1.165) is 65.9 Å². The van der Waals surface area contributed by atoms with Gasteiger partial charge in [-0.25, -0.2) is 9.97 Å². The summed E-state index contributed by atoms with van der Waals surface area (Å²) in [5.74, 6) is 1.93. The van der Waals surface area contributed by atoms with Crippen molar-refractivity contribution in [2.45, 2.75) is 0 Å². The van der Waals surface area contributed by atoms with Crippen LogP contribution in [0.1, 0.15) is 22.8 Å². The van der Waals surface area contributed by atoms with Crippen LogP contribution in [0.5, 0.6) is 17.2 Å². The zero-order chi connectivity index (χ0) is 31.0. The quantitative estimate of drug-likeness (QED) is 0.165. The first-order valence-electron chi connectivity index (χ1n) is 14.8. The Morgan fingerprint density at radius 3 is 1.40 bits per heavy atom. The van der Waals surface area contributed by atoms with E-state index in [0.29, 0.717) is 22.9 Å². The summed E-state index contributed by atoms with van der Waals surface area (Å²) in [7, 11) is 1.64. The molecule has 3 aromatic heterocycles. The van der Waals surface area contributed by atoms with Gasteiger partial charge >= 0.3 is 16.5 Å². The minimum Gasteiger partial charge on any atom is -0.656 e. The summed E-state index contributed by atoms with van der Waals surface area (Å²) in [5, 5.41) is 0. The Kier molecular flexibility index (Phi) is 8.38. The van der Waals surface area contributed by atoms with Crippen LogP contribution in [0.2, 0.25) is 0 Å². The van der Waals surface area contributed by atoms with Crippen molar-refractivity contribution < 1.29 is 26.0 Å². The van der Waals surface area contributed by atoms with E-state index in [1.807, 2.05) is 109 Å². The SMILES string of the molecule is COc1ccc(Oc2c3nc(c(-c4ccccc4)c4ccc([n-]4)c(Br)c4ccc([n-]4)c(-c4ccccc4)c4nc2C=C4)C=C3)cc1.[Ni+2]. The zero-order valence-electron chi connectivity index (χ0n) is 25.0. The van der Waals surface area contributed by atoms with Crippen molar-refractivity contribution >= 4 is 62.3 Å². The number of halogens is 1.